The van der Waals surface area contributed by atoms with E-state index in [0.29, 0.717) is 6.26 Å². The predicted molar refractivity (Wildman–Crippen MR) is 206 cm³/mol. The summed E-state index contributed by atoms with van der Waals surface area (Å²) < 4.78 is 25.9. The monoisotopic (exact) mass is 774 g/mol. The van der Waals surface area contributed by atoms with Crippen molar-refractivity contribution in [1.82, 2.24) is 0 Å². The van der Waals surface area contributed by atoms with Crippen molar-refractivity contribution in [2.75, 3.05) is 50.0 Å². The fourth-order valence-corrected chi connectivity index (χ4v) is 8.11. The zero-order valence-electron chi connectivity index (χ0n) is 29.0. The van der Waals surface area contributed by atoms with Crippen LogP contribution < -0.4 is 26.1 Å². The molecule has 6 nitrogen and oxygen atoms in total. The van der Waals surface area contributed by atoms with Crippen molar-refractivity contribution in [2.24, 2.45) is 0 Å². The quantitative estimate of drug-likeness (QED) is 0.0599. The van der Waals surface area contributed by atoms with Gasteiger partial charge in [-0.2, -0.15) is 8.42 Å². The third-order valence-electron chi connectivity index (χ3n) is 7.04. The molecule has 0 aromatic heterocycles. The van der Waals surface area contributed by atoms with Crippen LogP contribution in [-0.4, -0.2) is 52.6 Å². The number of nitrogens with two attached hydrogens (primary N) is 1. The fourth-order valence-electron chi connectivity index (χ4n) is 5.20. The fraction of sp³-hybridized carbons (Fsp3) is 0.231. The zero-order chi connectivity index (χ0) is 34.8. The van der Waals surface area contributed by atoms with Gasteiger partial charge in [0.25, 0.3) is 10.1 Å². The van der Waals surface area contributed by atoms with E-state index in [9.17, 15) is 8.42 Å². The van der Waals surface area contributed by atoms with E-state index < -0.39 is 18.0 Å². The molecular formula is C39H47N3O3PPdS-. The molecule has 0 fully saturated rings. The van der Waals surface area contributed by atoms with Crippen LogP contribution in [0.5, 0.6) is 0 Å². The zero-order valence-corrected chi connectivity index (χ0v) is 32.2. The molecule has 48 heavy (non-hydrogen) atoms. The number of hydrogen-bond acceptors (Lipinski definition) is 5. The third-order valence-corrected chi connectivity index (χ3v) is 10.1. The number of para-hydroxylation sites is 1. The van der Waals surface area contributed by atoms with Gasteiger partial charge in [-0.15, -0.1) is 35.9 Å². The van der Waals surface area contributed by atoms with Gasteiger partial charge in [0.2, 0.25) is 0 Å². The number of nitrogens with zero attached hydrogens (tertiary/aromatic N) is 2. The molecule has 0 saturated carbocycles. The molecule has 1 unspecified atom stereocenters. The Bertz CT molecular complexity index is 1790. The second kappa shape index (κ2) is 18.3. The Morgan fingerprint density at radius 2 is 1.17 bits per heavy atom. The first kappa shape index (κ1) is 40.7. The molecule has 1 atom stereocenters. The number of rotatable bonds is 6. The van der Waals surface area contributed by atoms with Crippen molar-refractivity contribution >= 4 is 45.7 Å². The molecular weight excluding hydrogens is 728 g/mol. The van der Waals surface area contributed by atoms with Gasteiger partial charge in [-0.3, -0.25) is 4.55 Å². The van der Waals surface area contributed by atoms with Gasteiger partial charge in [0.15, 0.2) is 0 Å². The van der Waals surface area contributed by atoms with Crippen LogP contribution >= 0.6 is 7.92 Å². The summed E-state index contributed by atoms with van der Waals surface area (Å²) >= 11 is 0. The summed E-state index contributed by atoms with van der Waals surface area (Å²) in [5.41, 5.74) is 13.9. The Balaban J connectivity index is 0.000000347. The maximum absolute atomic E-state index is 9.19. The van der Waals surface area contributed by atoms with Crippen LogP contribution in [0.1, 0.15) is 20.8 Å². The molecule has 0 amide bonds. The smallest absolute Gasteiger partial charge is 0.261 e. The van der Waals surface area contributed by atoms with E-state index in [1.165, 1.54) is 33.1 Å². The van der Waals surface area contributed by atoms with E-state index in [1.54, 1.807) is 0 Å². The summed E-state index contributed by atoms with van der Waals surface area (Å²) in [5, 5.41) is 3.02. The first-order valence-electron chi connectivity index (χ1n) is 15.3. The van der Waals surface area contributed by atoms with E-state index in [4.69, 9.17) is 10.3 Å². The molecule has 0 radical (unpaired) electrons. The average Bonchev–Trinajstić information content (AvgIpc) is 3.01. The minimum atomic E-state index is -3.67. The van der Waals surface area contributed by atoms with Crippen molar-refractivity contribution in [3.05, 3.63) is 127 Å². The van der Waals surface area contributed by atoms with Crippen molar-refractivity contribution in [2.45, 2.75) is 25.9 Å². The van der Waals surface area contributed by atoms with Gasteiger partial charge in [-0.1, -0.05) is 105 Å². The minimum absolute atomic E-state index is 0. The van der Waals surface area contributed by atoms with Crippen LogP contribution in [-0.2, 0) is 30.5 Å². The largest absolute Gasteiger partial charge is 0.406 e. The first-order chi connectivity index (χ1) is 22.1. The molecule has 0 aliphatic rings. The number of nitrogen functional groups attached to an aromatic ring is 1. The molecule has 0 aliphatic carbocycles. The molecule has 258 valence electrons. The Morgan fingerprint density at radius 3 is 1.65 bits per heavy atom. The van der Waals surface area contributed by atoms with Crippen LogP contribution in [0.25, 0.3) is 22.3 Å². The van der Waals surface area contributed by atoms with Crippen LogP contribution in [0, 0.1) is 6.07 Å². The van der Waals surface area contributed by atoms with Crippen LogP contribution in [0.15, 0.2) is 121 Å². The molecule has 9 heteroatoms. The van der Waals surface area contributed by atoms with Gasteiger partial charge in [0.05, 0.1) is 6.26 Å². The molecule has 0 bridgehead atoms. The molecule has 5 rings (SSSR count). The maximum atomic E-state index is 9.19. The number of benzene rings is 5. The Labute approximate surface area is 303 Å². The second-order valence-electron chi connectivity index (χ2n) is 12.4. The summed E-state index contributed by atoms with van der Waals surface area (Å²) in [5.74, 6) is 0. The van der Waals surface area contributed by atoms with E-state index in [2.05, 4.69) is 138 Å². The van der Waals surface area contributed by atoms with Gasteiger partial charge >= 0.3 is 0 Å². The van der Waals surface area contributed by atoms with Crippen LogP contribution in [0.3, 0.4) is 0 Å². The maximum Gasteiger partial charge on any atom is 0.261 e. The molecule has 0 aliphatic heterocycles. The summed E-state index contributed by atoms with van der Waals surface area (Å²) in [4.78, 5) is 4.45. The van der Waals surface area contributed by atoms with Gasteiger partial charge < -0.3 is 15.5 Å². The van der Waals surface area contributed by atoms with E-state index in [-0.39, 0.29) is 25.6 Å². The standard InChI is InChI=1S/C26H33N2P.C12H10N.CH4O3S.Pd/c1-26(2,3)29(20-14-9-8-10-15-20)24-19-12-11-16-21(24)25-22(27(4)5)17-13-18-23(25)28(6)7;13-12-9-5-4-8-11(12)10-6-2-1-3-7-10;1-5(2,3)4;/h8-19H,1-7H3;1-6,8-9H,13H2;1H3,(H,2,3,4);/q;-1;;. The van der Waals surface area contributed by atoms with Crippen LogP contribution in [0.4, 0.5) is 17.1 Å². The summed E-state index contributed by atoms with van der Waals surface area (Å²) in [6, 6.07) is 45.4. The Kier molecular flexibility index (Phi) is 15.5. The topological polar surface area (TPSA) is 86.9 Å². The van der Waals surface area contributed by atoms with E-state index in [1.807, 2.05) is 48.5 Å². The van der Waals surface area contributed by atoms with Gasteiger partial charge in [0, 0.05) is 65.6 Å². The Morgan fingerprint density at radius 1 is 0.688 bits per heavy atom. The number of hydrogen-bond donors (Lipinski definition) is 2. The summed E-state index contributed by atoms with van der Waals surface area (Å²) in [6.45, 7) is 7.10. The molecule has 0 heterocycles. The summed E-state index contributed by atoms with van der Waals surface area (Å²) in [6.07, 6.45) is 0.715. The summed E-state index contributed by atoms with van der Waals surface area (Å²) in [7, 11) is 4.32. The van der Waals surface area contributed by atoms with Crippen molar-refractivity contribution in [3.8, 4) is 22.3 Å². The van der Waals surface area contributed by atoms with E-state index >= 15 is 0 Å². The molecule has 5 aromatic rings. The predicted octanol–water partition coefficient (Wildman–Crippen LogP) is 7.95. The molecule has 0 spiro atoms. The molecule has 5 aromatic carbocycles. The van der Waals surface area contributed by atoms with Gasteiger partial charge in [-0.05, 0) is 53.1 Å². The minimum Gasteiger partial charge on any atom is -0.406 e. The van der Waals surface area contributed by atoms with Crippen molar-refractivity contribution in [1.29, 1.82) is 0 Å². The van der Waals surface area contributed by atoms with Gasteiger partial charge in [-0.25, -0.2) is 0 Å². The second-order valence-corrected chi connectivity index (χ2v) is 16.9. The Hall–Kier alpha value is -3.50. The first-order valence-corrected chi connectivity index (χ1v) is 18.4. The number of anilines is 3. The van der Waals surface area contributed by atoms with E-state index in [0.717, 1.165) is 16.8 Å². The SMILES string of the molecule is CN(C)c1cccc(N(C)C)c1-c1ccccc1P(c1ccccc1)C(C)(C)C.CS(=O)(=O)O.Nc1ccccc1-c1[c-]cccc1.[Pd]. The average molecular weight is 775 g/mol. The van der Waals surface area contributed by atoms with Crippen LogP contribution in [0.2, 0.25) is 0 Å². The third kappa shape index (κ3) is 11.9. The normalized spacial score (nSPS) is 11.4. The molecule has 3 N–H and O–H groups in total. The molecule has 0 saturated heterocycles. The van der Waals surface area contributed by atoms with Gasteiger partial charge in [0.1, 0.15) is 0 Å². The van der Waals surface area contributed by atoms with Crippen molar-refractivity contribution in [3.63, 3.8) is 0 Å². The van der Waals surface area contributed by atoms with Crippen molar-refractivity contribution < 1.29 is 33.4 Å².